The van der Waals surface area contributed by atoms with Crippen molar-refractivity contribution in [3.05, 3.63) is 41.5 Å². The number of benzene rings is 1. The average Bonchev–Trinajstić information content (AvgIpc) is 2.04. The van der Waals surface area contributed by atoms with Crippen molar-refractivity contribution in [3.8, 4) is 0 Å². The molecule has 0 bridgehead atoms. The molecule has 1 aromatic carbocycles. The number of fused-ring (bicyclic) bond motifs is 1. The van der Waals surface area contributed by atoms with Gasteiger partial charge in [-0.2, -0.15) is 0 Å². The number of carbonyl (C=O) groups is 1. The zero-order valence-corrected chi connectivity index (χ0v) is 6.08. The Morgan fingerprint density at radius 1 is 1.08 bits per heavy atom. The summed E-state index contributed by atoms with van der Waals surface area (Å²) in [4.78, 5) is 10.9. The molecule has 12 heavy (non-hydrogen) atoms. The Bertz CT molecular complexity index is 328. The van der Waals surface area contributed by atoms with Gasteiger partial charge in [0.05, 0.1) is 0 Å². The van der Waals surface area contributed by atoms with Crippen molar-refractivity contribution in [1.29, 1.82) is 0 Å². The third-order valence-corrected chi connectivity index (χ3v) is 1.87. The van der Waals surface area contributed by atoms with E-state index in [0.29, 0.717) is 6.42 Å². The molecule has 0 aliphatic heterocycles. The average molecular weight is 184 g/mol. The van der Waals surface area contributed by atoms with Crippen LogP contribution in [0.25, 0.3) is 6.08 Å². The number of hydrogen-bond acceptors (Lipinski definition) is 1. The van der Waals surface area contributed by atoms with Gasteiger partial charge in [0.15, 0.2) is 5.78 Å². The molecule has 0 N–H and O–H groups in total. The van der Waals surface area contributed by atoms with Crippen LogP contribution in [0, 0.1) is 0 Å². The first-order valence-corrected chi connectivity index (χ1v) is 3.65. The van der Waals surface area contributed by atoms with E-state index in [1.165, 1.54) is 5.56 Å². The van der Waals surface area contributed by atoms with E-state index in [1.807, 2.05) is 30.3 Å². The Kier molecular flexibility index (Phi) is 3.87. The molecule has 0 atom stereocenters. The van der Waals surface area contributed by atoms with Crippen LogP contribution in [-0.4, -0.2) is 57.2 Å². The van der Waals surface area contributed by atoms with Crippen LogP contribution in [0.5, 0.6) is 0 Å². The predicted octanol–water partition coefficient (Wildman–Crippen LogP) is 1.18. The molecule has 1 aromatic rings. The first-order valence-electron chi connectivity index (χ1n) is 3.65. The van der Waals surface area contributed by atoms with Crippen molar-refractivity contribution in [1.82, 2.24) is 0 Å². The Hall–Kier alpha value is 0.266. The molecular weight excluding hydrogens is 175 g/mol. The van der Waals surface area contributed by atoms with Gasteiger partial charge >= 0.3 is 51.4 Å². The van der Waals surface area contributed by atoms with Gasteiger partial charge in [-0.1, -0.05) is 30.3 Å². The van der Waals surface area contributed by atoms with Crippen LogP contribution in [0.4, 0.5) is 0 Å². The van der Waals surface area contributed by atoms with Gasteiger partial charge < -0.3 is 0 Å². The quantitative estimate of drug-likeness (QED) is 0.553. The number of allylic oxidation sites excluding steroid dienone is 1. The van der Waals surface area contributed by atoms with E-state index in [4.69, 9.17) is 0 Å². The molecule has 2 heteroatoms. The van der Waals surface area contributed by atoms with Gasteiger partial charge in [-0.3, -0.25) is 4.79 Å². The van der Waals surface area contributed by atoms with E-state index in [-0.39, 0.29) is 57.2 Å². The standard InChI is InChI=1S/C10H8O.K.H/c11-10-6-5-8-3-1-2-4-9(8)7-10;;/h1-6H,7H2;;. The van der Waals surface area contributed by atoms with Gasteiger partial charge in [0.2, 0.25) is 0 Å². The number of carbonyl (C=O) groups excluding carboxylic acids is 1. The van der Waals surface area contributed by atoms with Crippen LogP contribution in [0.2, 0.25) is 0 Å². The zero-order chi connectivity index (χ0) is 7.68. The monoisotopic (exact) mass is 184 g/mol. The predicted molar refractivity (Wildman–Crippen MR) is 51.3 cm³/mol. The summed E-state index contributed by atoms with van der Waals surface area (Å²) >= 11 is 0. The second kappa shape index (κ2) is 4.49. The van der Waals surface area contributed by atoms with Gasteiger partial charge in [-0.15, -0.1) is 0 Å². The fourth-order valence-corrected chi connectivity index (χ4v) is 1.29. The first-order chi connectivity index (χ1) is 5.36. The summed E-state index contributed by atoms with van der Waals surface area (Å²) in [6.45, 7) is 0. The maximum atomic E-state index is 10.9. The van der Waals surface area contributed by atoms with Crippen molar-refractivity contribution >= 4 is 63.2 Å². The second-order valence-corrected chi connectivity index (χ2v) is 2.68. The summed E-state index contributed by atoms with van der Waals surface area (Å²) in [7, 11) is 0. The van der Waals surface area contributed by atoms with Gasteiger partial charge in [-0.05, 0) is 17.2 Å². The normalized spacial score (nSPS) is 13.5. The van der Waals surface area contributed by atoms with Crippen LogP contribution in [-0.2, 0) is 11.2 Å². The SMILES string of the molecule is O=C1C=Cc2ccccc2C1.[KH]. The summed E-state index contributed by atoms with van der Waals surface area (Å²) in [6, 6.07) is 7.97. The fraction of sp³-hybridized carbons (Fsp3) is 0.100. The van der Waals surface area contributed by atoms with E-state index in [2.05, 4.69) is 0 Å². The topological polar surface area (TPSA) is 17.1 Å². The van der Waals surface area contributed by atoms with Gasteiger partial charge in [0, 0.05) is 6.42 Å². The van der Waals surface area contributed by atoms with Crippen LogP contribution in [0.1, 0.15) is 11.1 Å². The number of hydrogen-bond donors (Lipinski definition) is 0. The van der Waals surface area contributed by atoms with E-state index in [9.17, 15) is 4.79 Å². The Balaban J connectivity index is 0.000000720. The van der Waals surface area contributed by atoms with E-state index < -0.39 is 0 Å². The van der Waals surface area contributed by atoms with Crippen molar-refractivity contribution in [3.63, 3.8) is 0 Å². The first kappa shape index (κ1) is 10.3. The van der Waals surface area contributed by atoms with E-state index >= 15 is 0 Å². The molecule has 0 saturated carbocycles. The molecule has 0 heterocycles. The third-order valence-electron chi connectivity index (χ3n) is 1.87. The summed E-state index contributed by atoms with van der Waals surface area (Å²) in [5.41, 5.74) is 2.31. The van der Waals surface area contributed by atoms with Crippen LogP contribution < -0.4 is 0 Å². The Labute approximate surface area is 114 Å². The minimum absolute atomic E-state index is 0. The number of ketones is 1. The van der Waals surface area contributed by atoms with Crippen molar-refractivity contribution in [2.75, 3.05) is 0 Å². The summed E-state index contributed by atoms with van der Waals surface area (Å²) in [6.07, 6.45) is 4.08. The van der Waals surface area contributed by atoms with Crippen molar-refractivity contribution in [2.24, 2.45) is 0 Å². The zero-order valence-electron chi connectivity index (χ0n) is 6.08. The maximum absolute atomic E-state index is 10.9. The summed E-state index contributed by atoms with van der Waals surface area (Å²) in [5, 5.41) is 0. The molecule has 0 saturated heterocycles. The molecule has 0 spiro atoms. The Morgan fingerprint density at radius 2 is 1.83 bits per heavy atom. The Morgan fingerprint density at radius 3 is 2.67 bits per heavy atom. The molecule has 2 rings (SSSR count). The molecule has 0 aromatic heterocycles. The van der Waals surface area contributed by atoms with Crippen molar-refractivity contribution in [2.45, 2.75) is 6.42 Å². The van der Waals surface area contributed by atoms with Crippen LogP contribution in [0.15, 0.2) is 30.3 Å². The molecular formula is C10H9KO. The molecule has 1 aliphatic rings. The van der Waals surface area contributed by atoms with E-state index in [1.54, 1.807) is 6.08 Å². The van der Waals surface area contributed by atoms with Crippen LogP contribution in [0.3, 0.4) is 0 Å². The molecule has 1 aliphatic carbocycles. The fourth-order valence-electron chi connectivity index (χ4n) is 1.29. The van der Waals surface area contributed by atoms with Crippen LogP contribution >= 0.6 is 0 Å². The molecule has 56 valence electrons. The minimum atomic E-state index is 0. The molecule has 0 amide bonds. The summed E-state index contributed by atoms with van der Waals surface area (Å²) in [5.74, 6) is 0.198. The van der Waals surface area contributed by atoms with Crippen molar-refractivity contribution < 1.29 is 4.79 Å². The molecule has 1 nitrogen and oxygen atoms in total. The molecule has 0 fully saturated rings. The molecule has 0 unspecified atom stereocenters. The number of rotatable bonds is 0. The van der Waals surface area contributed by atoms with Gasteiger partial charge in [0.1, 0.15) is 0 Å². The summed E-state index contributed by atoms with van der Waals surface area (Å²) < 4.78 is 0. The third kappa shape index (κ3) is 2.15. The van der Waals surface area contributed by atoms with Gasteiger partial charge in [0.25, 0.3) is 0 Å². The van der Waals surface area contributed by atoms with E-state index in [0.717, 1.165) is 5.56 Å². The molecule has 0 radical (unpaired) electrons. The second-order valence-electron chi connectivity index (χ2n) is 2.68. The van der Waals surface area contributed by atoms with Gasteiger partial charge in [-0.25, -0.2) is 0 Å².